The smallest absolute Gasteiger partial charge is 0.264 e. The number of rotatable bonds is 4. The highest BCUT2D eigenvalue weighted by molar-refractivity contribution is 6.31. The van der Waals surface area contributed by atoms with E-state index in [1.165, 1.54) is 4.57 Å². The number of halogens is 1. The maximum absolute atomic E-state index is 12.9. The van der Waals surface area contributed by atoms with Gasteiger partial charge in [-0.25, -0.2) is 9.67 Å². The van der Waals surface area contributed by atoms with Crippen molar-refractivity contribution in [3.8, 4) is 0 Å². The van der Waals surface area contributed by atoms with E-state index in [1.807, 2.05) is 33.8 Å². The number of aromatic nitrogens is 4. The minimum Gasteiger partial charge on any atom is -0.326 e. The SMILES string of the molecule is Cc1ccc(NC(=O)CCn2c(C)nc3c(cnn3C(C)(C)C)c2=O)cc1Cl. The van der Waals surface area contributed by atoms with Gasteiger partial charge in [0.05, 0.1) is 11.7 Å². The van der Waals surface area contributed by atoms with E-state index in [-0.39, 0.29) is 30.0 Å². The molecule has 3 aromatic rings. The quantitative estimate of drug-likeness (QED) is 0.723. The van der Waals surface area contributed by atoms with Gasteiger partial charge in [0.25, 0.3) is 5.56 Å². The summed E-state index contributed by atoms with van der Waals surface area (Å²) in [5.74, 6) is 0.353. The first kappa shape index (κ1) is 20.1. The zero-order valence-electron chi connectivity index (χ0n) is 16.7. The molecule has 1 N–H and O–H groups in total. The third-order valence-corrected chi connectivity index (χ3v) is 4.94. The molecule has 0 aliphatic carbocycles. The predicted molar refractivity (Wildman–Crippen MR) is 111 cm³/mol. The maximum Gasteiger partial charge on any atom is 0.264 e. The van der Waals surface area contributed by atoms with Gasteiger partial charge in [-0.1, -0.05) is 17.7 Å². The highest BCUT2D eigenvalue weighted by Gasteiger charge is 2.21. The number of anilines is 1. The van der Waals surface area contributed by atoms with Crippen LogP contribution >= 0.6 is 11.6 Å². The number of nitrogens with zero attached hydrogens (tertiary/aromatic N) is 4. The fourth-order valence-electron chi connectivity index (χ4n) is 2.97. The topological polar surface area (TPSA) is 81.8 Å². The number of nitrogens with one attached hydrogen (secondary N) is 1. The van der Waals surface area contributed by atoms with Crippen molar-refractivity contribution in [3.63, 3.8) is 0 Å². The van der Waals surface area contributed by atoms with Crippen molar-refractivity contribution in [2.75, 3.05) is 5.32 Å². The molecule has 1 aromatic carbocycles. The number of hydrogen-bond donors (Lipinski definition) is 1. The average molecular weight is 402 g/mol. The van der Waals surface area contributed by atoms with Crippen LogP contribution in [0.1, 0.15) is 38.6 Å². The summed E-state index contributed by atoms with van der Waals surface area (Å²) in [6, 6.07) is 5.35. The zero-order chi connectivity index (χ0) is 20.6. The molecule has 0 saturated carbocycles. The molecule has 0 atom stereocenters. The van der Waals surface area contributed by atoms with Crippen LogP contribution in [0.3, 0.4) is 0 Å². The fraction of sp³-hybridized carbons (Fsp3) is 0.400. The lowest BCUT2D eigenvalue weighted by Gasteiger charge is -2.20. The Morgan fingerprint density at radius 1 is 1.25 bits per heavy atom. The van der Waals surface area contributed by atoms with Gasteiger partial charge in [-0.2, -0.15) is 5.10 Å². The van der Waals surface area contributed by atoms with Crippen LogP contribution < -0.4 is 10.9 Å². The molecule has 7 nitrogen and oxygen atoms in total. The van der Waals surface area contributed by atoms with Crippen molar-refractivity contribution in [1.29, 1.82) is 0 Å². The summed E-state index contributed by atoms with van der Waals surface area (Å²) < 4.78 is 3.26. The summed E-state index contributed by atoms with van der Waals surface area (Å²) >= 11 is 6.09. The van der Waals surface area contributed by atoms with Crippen molar-refractivity contribution in [3.05, 3.63) is 51.2 Å². The molecular weight excluding hydrogens is 378 g/mol. The molecule has 2 aromatic heterocycles. The lowest BCUT2D eigenvalue weighted by molar-refractivity contribution is -0.116. The Labute approximate surface area is 168 Å². The molecule has 1 amide bonds. The number of aryl methyl sites for hydroxylation is 2. The van der Waals surface area contributed by atoms with Crippen molar-refractivity contribution in [2.45, 2.75) is 53.1 Å². The van der Waals surface area contributed by atoms with Gasteiger partial charge in [-0.15, -0.1) is 0 Å². The van der Waals surface area contributed by atoms with Gasteiger partial charge in [0.2, 0.25) is 5.91 Å². The third kappa shape index (κ3) is 3.94. The Morgan fingerprint density at radius 3 is 2.61 bits per heavy atom. The molecule has 3 rings (SSSR count). The van der Waals surface area contributed by atoms with Crippen molar-refractivity contribution >= 4 is 34.2 Å². The highest BCUT2D eigenvalue weighted by Crippen LogP contribution is 2.20. The van der Waals surface area contributed by atoms with Gasteiger partial charge in [-0.05, 0) is 52.3 Å². The van der Waals surface area contributed by atoms with Gasteiger partial charge in [-0.3, -0.25) is 14.2 Å². The fourth-order valence-corrected chi connectivity index (χ4v) is 3.15. The van der Waals surface area contributed by atoms with Gasteiger partial charge < -0.3 is 5.32 Å². The van der Waals surface area contributed by atoms with E-state index in [1.54, 1.807) is 29.9 Å². The van der Waals surface area contributed by atoms with Crippen LogP contribution in [0.15, 0.2) is 29.2 Å². The minimum absolute atomic E-state index is 0.146. The Balaban J connectivity index is 1.80. The number of carbonyl (C=O) groups excluding carboxylic acids is 1. The molecule has 2 heterocycles. The summed E-state index contributed by atoms with van der Waals surface area (Å²) in [7, 11) is 0. The summed E-state index contributed by atoms with van der Waals surface area (Å²) in [5, 5.41) is 8.17. The summed E-state index contributed by atoms with van der Waals surface area (Å²) in [6.07, 6.45) is 1.69. The number of fused-ring (bicyclic) bond motifs is 1. The van der Waals surface area contributed by atoms with E-state index in [0.29, 0.717) is 27.6 Å². The Hall–Kier alpha value is -2.67. The molecule has 0 bridgehead atoms. The van der Waals surface area contributed by atoms with Crippen molar-refractivity contribution in [2.24, 2.45) is 0 Å². The van der Waals surface area contributed by atoms with E-state index in [0.717, 1.165) is 5.56 Å². The van der Waals surface area contributed by atoms with Crippen LogP contribution in [0.5, 0.6) is 0 Å². The largest absolute Gasteiger partial charge is 0.326 e. The monoisotopic (exact) mass is 401 g/mol. The normalized spacial score (nSPS) is 11.8. The van der Waals surface area contributed by atoms with Crippen molar-refractivity contribution < 1.29 is 4.79 Å². The van der Waals surface area contributed by atoms with Crippen LogP contribution in [-0.2, 0) is 16.9 Å². The molecule has 0 aliphatic rings. The number of benzene rings is 1. The van der Waals surface area contributed by atoms with Crippen LogP contribution in [0.2, 0.25) is 5.02 Å². The van der Waals surface area contributed by atoms with Crippen LogP contribution in [0, 0.1) is 13.8 Å². The van der Waals surface area contributed by atoms with Gasteiger partial charge >= 0.3 is 0 Å². The maximum atomic E-state index is 12.9. The standard InChI is InChI=1S/C20H24ClN5O2/c1-12-6-7-14(10-16(12)21)24-17(27)8-9-25-13(2)23-18-15(19(25)28)11-22-26(18)20(3,4)5/h6-7,10-11H,8-9H2,1-5H3,(H,24,27). The first-order valence-corrected chi connectivity index (χ1v) is 9.47. The third-order valence-electron chi connectivity index (χ3n) is 4.53. The second-order valence-electron chi connectivity index (χ2n) is 7.84. The molecular formula is C20H24ClN5O2. The zero-order valence-corrected chi connectivity index (χ0v) is 17.5. The lowest BCUT2D eigenvalue weighted by atomic mass is 10.1. The Kier molecular flexibility index (Phi) is 5.30. The first-order chi connectivity index (χ1) is 13.1. The minimum atomic E-state index is -0.283. The molecule has 0 radical (unpaired) electrons. The molecule has 148 valence electrons. The second-order valence-corrected chi connectivity index (χ2v) is 8.25. The van der Waals surface area contributed by atoms with Crippen LogP contribution in [0.4, 0.5) is 5.69 Å². The predicted octanol–water partition coefficient (Wildman–Crippen LogP) is 3.65. The number of amides is 1. The highest BCUT2D eigenvalue weighted by atomic mass is 35.5. The van der Waals surface area contributed by atoms with Gasteiger partial charge in [0.1, 0.15) is 11.2 Å². The molecule has 8 heteroatoms. The van der Waals surface area contributed by atoms with E-state index in [9.17, 15) is 9.59 Å². The van der Waals surface area contributed by atoms with E-state index in [2.05, 4.69) is 15.4 Å². The van der Waals surface area contributed by atoms with E-state index < -0.39 is 0 Å². The summed E-state index contributed by atoms with van der Waals surface area (Å²) in [5.41, 5.74) is 1.66. The van der Waals surface area contributed by atoms with Crippen molar-refractivity contribution in [1.82, 2.24) is 19.3 Å². The lowest BCUT2D eigenvalue weighted by Crippen LogP contribution is -2.28. The molecule has 0 spiro atoms. The Morgan fingerprint density at radius 2 is 1.96 bits per heavy atom. The summed E-state index contributed by atoms with van der Waals surface area (Å²) in [6.45, 7) is 9.91. The summed E-state index contributed by atoms with van der Waals surface area (Å²) in [4.78, 5) is 29.7. The molecule has 0 aliphatic heterocycles. The molecule has 28 heavy (non-hydrogen) atoms. The molecule has 0 unspecified atom stereocenters. The molecule has 0 saturated heterocycles. The van der Waals surface area contributed by atoms with E-state index >= 15 is 0 Å². The van der Waals surface area contributed by atoms with Gasteiger partial charge in [0, 0.05) is 23.7 Å². The first-order valence-electron chi connectivity index (χ1n) is 9.09. The average Bonchev–Trinajstić information content (AvgIpc) is 3.02. The second kappa shape index (κ2) is 7.39. The number of hydrogen-bond acceptors (Lipinski definition) is 4. The van der Waals surface area contributed by atoms with Crippen LogP contribution in [-0.4, -0.2) is 25.2 Å². The Bertz CT molecular complexity index is 1110. The van der Waals surface area contributed by atoms with E-state index in [4.69, 9.17) is 11.6 Å². The van der Waals surface area contributed by atoms with Crippen LogP contribution in [0.25, 0.3) is 11.0 Å². The van der Waals surface area contributed by atoms with Gasteiger partial charge in [0.15, 0.2) is 5.65 Å². The number of carbonyl (C=O) groups is 1. The molecule has 0 fully saturated rings.